The Bertz CT molecular complexity index is 192. The van der Waals surface area contributed by atoms with Crippen LogP contribution in [0.5, 0.6) is 0 Å². The number of phosphoric acid groups is 1. The second-order valence-electron chi connectivity index (χ2n) is 0.877. The van der Waals surface area contributed by atoms with Gasteiger partial charge in [0.1, 0.15) is 0 Å². The van der Waals surface area contributed by atoms with E-state index < -0.39 is 24.6 Å². The Hall–Kier alpha value is 1.20. The third-order valence-electron chi connectivity index (χ3n) is 0. The van der Waals surface area contributed by atoms with Gasteiger partial charge in [-0.05, 0) is 0 Å². The molecule has 0 spiro atoms. The summed E-state index contributed by atoms with van der Waals surface area (Å²) in [5.41, 5.74) is 0. The van der Waals surface area contributed by atoms with E-state index in [0.29, 0.717) is 0 Å². The molecule has 0 aromatic carbocycles. The van der Waals surface area contributed by atoms with Gasteiger partial charge >= 0.3 is 57.3 Å². The zero-order chi connectivity index (χ0) is 9.00. The van der Waals surface area contributed by atoms with Gasteiger partial charge < -0.3 is 19.2 Å². The molecule has 0 fully saturated rings. The van der Waals surface area contributed by atoms with E-state index in [1.807, 2.05) is 0 Å². The maximum Gasteiger partial charge on any atom is 4.00 e. The minimum absolute atomic E-state index is 0. The quantitative estimate of drug-likeness (QED) is 0.371. The van der Waals surface area contributed by atoms with E-state index in [0.717, 1.165) is 0 Å². The van der Waals surface area contributed by atoms with Crippen LogP contribution in [-0.2, 0) is 54.3 Å². The standard InChI is InChI=1S/H3O4P.4O.W.Zr/c1-5(2,3)4;;;;;;/h(H3,1,2,3,4);;;;;;/q;;;2*-1;;+4/p-2. The Morgan fingerprint density at radius 1 is 1.18 bits per heavy atom. The first-order valence-electron chi connectivity index (χ1n) is 1.41. The number of rotatable bonds is 0. The van der Waals surface area contributed by atoms with Crippen LogP contribution in [0.1, 0.15) is 0 Å². The minimum Gasteiger partial charge on any atom is 4.00 e. The maximum atomic E-state index is 8.66. The van der Waals surface area contributed by atoms with E-state index in [9.17, 15) is 0 Å². The zero-order valence-corrected chi connectivity index (χ0v) is 10.9. The van der Waals surface area contributed by atoms with E-state index in [1.165, 1.54) is 0 Å². The normalized spacial score (nSPS) is 10.6. The van der Waals surface area contributed by atoms with Gasteiger partial charge in [0, 0.05) is 0 Å². The van der Waals surface area contributed by atoms with E-state index >= 15 is 0 Å². The van der Waals surface area contributed by atoms with Crippen molar-refractivity contribution in [2.75, 3.05) is 0 Å². The Morgan fingerprint density at radius 3 is 1.18 bits per heavy atom. The molecule has 0 radical (unpaired) electrons. The van der Waals surface area contributed by atoms with Gasteiger partial charge in [-0.1, -0.05) is 0 Å². The van der Waals surface area contributed by atoms with Crippen molar-refractivity contribution < 1.29 is 76.5 Å². The third-order valence-corrected chi connectivity index (χ3v) is 0. The Balaban J connectivity index is -0.000000107. The molecule has 0 bridgehead atoms. The summed E-state index contributed by atoms with van der Waals surface area (Å²) in [6.45, 7) is 0. The molecule has 11 heavy (non-hydrogen) atoms. The van der Waals surface area contributed by atoms with Gasteiger partial charge in [0.15, 0.2) is 0 Å². The topological polar surface area (TPSA) is 164 Å². The molecule has 0 aromatic heterocycles. The predicted octanol–water partition coefficient (Wildman–Crippen LogP) is -4.81. The molecule has 0 unspecified atom stereocenters. The van der Waals surface area contributed by atoms with Gasteiger partial charge in [-0.15, -0.1) is 0 Å². The molecule has 0 aliphatic heterocycles. The number of hydrogen-bond donors (Lipinski definition) is 1. The second-order valence-corrected chi connectivity index (χ2v) is 4.75. The van der Waals surface area contributed by atoms with Gasteiger partial charge in [-0.25, -0.2) is 0 Å². The first kappa shape index (κ1) is 18.1. The summed E-state index contributed by atoms with van der Waals surface area (Å²) in [4.78, 5) is 24.3. The smallest absolute Gasteiger partial charge is 4.00 e. The monoisotopic (exact) mass is 434 g/mol. The molecule has 0 amide bonds. The van der Waals surface area contributed by atoms with Gasteiger partial charge in [-0.2, -0.15) is 0 Å². The molecule has 8 nitrogen and oxygen atoms in total. The summed E-state index contributed by atoms with van der Waals surface area (Å²) >= 11 is -6.17. The van der Waals surface area contributed by atoms with Crippen molar-refractivity contribution in [1.29, 1.82) is 0 Å². The van der Waals surface area contributed by atoms with E-state index in [2.05, 4.69) is 0 Å². The van der Waals surface area contributed by atoms with Gasteiger partial charge in [-0.3, -0.25) is 0 Å². The molecule has 1 N–H and O–H groups in total. The molecule has 0 heterocycles. The first-order chi connectivity index (χ1) is 4.00. The van der Waals surface area contributed by atoms with Crippen molar-refractivity contribution in [2.24, 2.45) is 0 Å². The molecule has 0 saturated carbocycles. The fraction of sp³-hybridized carbons (Fsp3) is 0. The Kier molecular flexibility index (Phi) is 11.0. The van der Waals surface area contributed by atoms with Crippen molar-refractivity contribution in [3.05, 3.63) is 0 Å². The van der Waals surface area contributed by atoms with Crippen LogP contribution < -0.4 is 17.3 Å². The summed E-state index contributed by atoms with van der Waals surface area (Å²) in [6, 6.07) is 0. The van der Waals surface area contributed by atoms with E-state index in [1.54, 1.807) is 0 Å². The SMILES string of the molecule is O=P([O-])([O-])O.[O]=[W](=[O])([O-])[O-].[Zr+4]. The van der Waals surface area contributed by atoms with Crippen LogP contribution in [0, 0.1) is 0 Å². The van der Waals surface area contributed by atoms with Crippen LogP contribution in [0.3, 0.4) is 0 Å². The Morgan fingerprint density at radius 2 is 1.18 bits per heavy atom. The average Bonchev–Trinajstić information content (AvgIpc) is 1.12. The summed E-state index contributed by atoms with van der Waals surface area (Å²) in [6.07, 6.45) is 0. The maximum absolute atomic E-state index is 8.66. The van der Waals surface area contributed by atoms with Crippen molar-refractivity contribution in [1.82, 2.24) is 0 Å². The summed E-state index contributed by atoms with van der Waals surface area (Å²) in [7, 11) is -5.14. The van der Waals surface area contributed by atoms with Crippen LogP contribution >= 0.6 is 7.82 Å². The summed E-state index contributed by atoms with van der Waals surface area (Å²) in [5, 5.41) is 0. The zero-order valence-electron chi connectivity index (χ0n) is 4.66. The van der Waals surface area contributed by atoms with E-state index in [-0.39, 0.29) is 26.2 Å². The van der Waals surface area contributed by atoms with Gasteiger partial charge in [0.2, 0.25) is 0 Å². The molecule has 11 heteroatoms. The molecule has 64 valence electrons. The van der Waals surface area contributed by atoms with Crippen LogP contribution in [0.2, 0.25) is 0 Å². The summed E-state index contributed by atoms with van der Waals surface area (Å²) in [5.74, 6) is 0. The van der Waals surface area contributed by atoms with E-state index in [4.69, 9.17) is 33.6 Å². The second kappa shape index (κ2) is 6.69. The molecule has 0 aliphatic carbocycles. The van der Waals surface area contributed by atoms with Gasteiger partial charge in [0.25, 0.3) is 0 Å². The molecule has 0 rings (SSSR count). The summed E-state index contributed by atoms with van der Waals surface area (Å²) < 4.78 is 43.2. The molecular formula is HO8PWZr. The number of hydrogen-bond acceptors (Lipinski definition) is 7. The van der Waals surface area contributed by atoms with Gasteiger partial charge in [0.05, 0.1) is 7.82 Å². The molecule has 0 saturated heterocycles. The molecule has 0 aromatic rings. The van der Waals surface area contributed by atoms with Crippen LogP contribution in [-0.4, -0.2) is 4.89 Å². The van der Waals surface area contributed by atoms with Crippen molar-refractivity contribution in [3.8, 4) is 0 Å². The van der Waals surface area contributed by atoms with Crippen LogP contribution in [0.15, 0.2) is 0 Å². The minimum atomic E-state index is -6.17. The fourth-order valence-electron chi connectivity index (χ4n) is 0. The average molecular weight is 435 g/mol. The van der Waals surface area contributed by atoms with Crippen molar-refractivity contribution in [2.45, 2.75) is 0 Å². The van der Waals surface area contributed by atoms with Crippen molar-refractivity contribution >= 4 is 7.82 Å². The molecule has 0 aliphatic rings. The predicted molar refractivity (Wildman–Crippen MR) is 11.2 cm³/mol. The van der Waals surface area contributed by atoms with Crippen LogP contribution in [0.25, 0.3) is 0 Å². The third kappa shape index (κ3) is 657. The van der Waals surface area contributed by atoms with Crippen molar-refractivity contribution in [3.63, 3.8) is 0 Å². The molecule has 0 atom stereocenters. The van der Waals surface area contributed by atoms with Crippen LogP contribution in [0.4, 0.5) is 0 Å². The largest absolute Gasteiger partial charge is 4.00 e. The molecular weight excluding hydrogens is 434 g/mol. The Labute approximate surface area is 84.0 Å². The fourth-order valence-corrected chi connectivity index (χ4v) is 0. The first-order valence-corrected chi connectivity index (χ1v) is 7.70.